The monoisotopic (exact) mass is 591 g/mol. The van der Waals surface area contributed by atoms with Crippen molar-refractivity contribution in [3.63, 3.8) is 0 Å². The molecule has 0 fully saturated rings. The Morgan fingerprint density at radius 3 is 1.09 bits per heavy atom. The Hall–Kier alpha value is -4.44. The molecule has 0 spiro atoms. The van der Waals surface area contributed by atoms with Crippen LogP contribution in [0.2, 0.25) is 0 Å². The second kappa shape index (κ2) is 13.5. The first-order valence-corrected chi connectivity index (χ1v) is 15.4. The van der Waals surface area contributed by atoms with Gasteiger partial charge in [-0.05, 0) is 80.5 Å². The fraction of sp³-hybridized carbons (Fsp3) is 0.314. The van der Waals surface area contributed by atoms with E-state index in [1.54, 1.807) is 24.3 Å². The van der Waals surface area contributed by atoms with Crippen molar-refractivity contribution < 1.29 is 19.2 Å². The van der Waals surface area contributed by atoms with Crippen LogP contribution in [-0.4, -0.2) is 85.8 Å². The van der Waals surface area contributed by atoms with Gasteiger partial charge < -0.3 is 16.0 Å². The Morgan fingerprint density at radius 2 is 0.727 bits per heavy atom. The molecule has 0 atom stereocenters. The maximum Gasteiger partial charge on any atom is 0.261 e. The molecule has 0 bridgehead atoms. The van der Waals surface area contributed by atoms with Crippen molar-refractivity contribution in [2.45, 2.75) is 19.3 Å². The third-order valence-electron chi connectivity index (χ3n) is 8.40. The molecule has 226 valence electrons. The number of nitrogens with one attached hydrogen (secondary N) is 3. The van der Waals surface area contributed by atoms with Crippen molar-refractivity contribution in [3.8, 4) is 0 Å². The Bertz CT molecular complexity index is 1510. The van der Waals surface area contributed by atoms with E-state index in [0.717, 1.165) is 67.0 Å². The van der Waals surface area contributed by atoms with Crippen LogP contribution in [0.25, 0.3) is 21.5 Å². The third-order valence-corrected chi connectivity index (χ3v) is 8.40. The van der Waals surface area contributed by atoms with Crippen molar-refractivity contribution >= 4 is 45.2 Å². The van der Waals surface area contributed by atoms with E-state index >= 15 is 0 Å². The van der Waals surface area contributed by atoms with Crippen LogP contribution in [0.15, 0.2) is 72.8 Å². The van der Waals surface area contributed by atoms with Gasteiger partial charge in [0.2, 0.25) is 0 Å². The van der Waals surface area contributed by atoms with E-state index in [0.29, 0.717) is 48.4 Å². The number of imide groups is 2. The highest BCUT2D eigenvalue weighted by Gasteiger charge is 2.33. The molecule has 3 N–H and O–H groups in total. The molecule has 2 aliphatic rings. The zero-order chi connectivity index (χ0) is 30.5. The predicted octanol–water partition coefficient (Wildman–Crippen LogP) is 3.82. The lowest BCUT2D eigenvalue weighted by Gasteiger charge is -2.27. The number of rotatable bonds is 15. The second-order valence-corrected chi connectivity index (χ2v) is 11.3. The number of carbonyl (C=O) groups is 4. The Morgan fingerprint density at radius 1 is 0.409 bits per heavy atom. The first kappa shape index (κ1) is 29.6. The van der Waals surface area contributed by atoms with Crippen LogP contribution in [0.1, 0.15) is 60.7 Å². The van der Waals surface area contributed by atoms with E-state index in [4.69, 9.17) is 0 Å². The van der Waals surface area contributed by atoms with E-state index in [1.807, 2.05) is 48.5 Å². The van der Waals surface area contributed by atoms with Gasteiger partial charge in [-0.25, -0.2) is 0 Å². The molecule has 0 radical (unpaired) electrons. The fourth-order valence-electron chi connectivity index (χ4n) is 6.16. The predicted molar refractivity (Wildman–Crippen MR) is 171 cm³/mol. The minimum Gasteiger partial charge on any atom is -0.317 e. The van der Waals surface area contributed by atoms with Gasteiger partial charge in [0.25, 0.3) is 23.6 Å². The lowest BCUT2D eigenvalue weighted by molar-refractivity contribution is 0.0596. The molecular formula is C35H37N5O4. The summed E-state index contributed by atoms with van der Waals surface area (Å²) in [6.45, 7) is 5.20. The molecule has 2 heterocycles. The molecule has 4 aromatic rings. The fourth-order valence-corrected chi connectivity index (χ4v) is 6.16. The summed E-state index contributed by atoms with van der Waals surface area (Å²) < 4.78 is 0. The van der Waals surface area contributed by atoms with Crippen LogP contribution in [0.3, 0.4) is 0 Å². The molecule has 9 heteroatoms. The molecule has 9 nitrogen and oxygen atoms in total. The Kier molecular flexibility index (Phi) is 9.07. The van der Waals surface area contributed by atoms with E-state index in [-0.39, 0.29) is 23.6 Å². The molecule has 44 heavy (non-hydrogen) atoms. The van der Waals surface area contributed by atoms with E-state index in [9.17, 15) is 19.2 Å². The number of benzene rings is 4. The molecule has 4 aromatic carbocycles. The molecule has 0 saturated heterocycles. The quantitative estimate of drug-likeness (QED) is 0.142. The first-order chi connectivity index (χ1) is 21.6. The Labute approximate surface area is 256 Å². The van der Waals surface area contributed by atoms with E-state index in [1.165, 1.54) is 9.80 Å². The van der Waals surface area contributed by atoms with Crippen LogP contribution in [0, 0.1) is 0 Å². The minimum atomic E-state index is -0.227. The normalized spacial score (nSPS) is 14.4. The number of unbranched alkanes of at least 4 members (excludes halogenated alkanes) is 1. The van der Waals surface area contributed by atoms with Crippen molar-refractivity contribution in [1.29, 1.82) is 0 Å². The topological polar surface area (TPSA) is 111 Å². The van der Waals surface area contributed by atoms with Crippen LogP contribution in [0.5, 0.6) is 0 Å². The molecule has 0 unspecified atom stereocenters. The lowest BCUT2D eigenvalue weighted by Crippen LogP contribution is -2.44. The van der Waals surface area contributed by atoms with Crippen LogP contribution < -0.4 is 16.0 Å². The van der Waals surface area contributed by atoms with Gasteiger partial charge in [0.15, 0.2) is 0 Å². The van der Waals surface area contributed by atoms with E-state index in [2.05, 4.69) is 16.0 Å². The summed E-state index contributed by atoms with van der Waals surface area (Å²) in [5.74, 6) is -0.905. The van der Waals surface area contributed by atoms with Crippen LogP contribution in [0.4, 0.5) is 0 Å². The van der Waals surface area contributed by atoms with Gasteiger partial charge in [0.05, 0.1) is 0 Å². The summed E-state index contributed by atoms with van der Waals surface area (Å²) >= 11 is 0. The summed E-state index contributed by atoms with van der Waals surface area (Å²) in [6, 6.07) is 22.3. The van der Waals surface area contributed by atoms with Gasteiger partial charge >= 0.3 is 0 Å². The van der Waals surface area contributed by atoms with Gasteiger partial charge in [0, 0.05) is 59.2 Å². The smallest absolute Gasteiger partial charge is 0.261 e. The summed E-state index contributed by atoms with van der Waals surface area (Å²) in [7, 11) is 0. The highest BCUT2D eigenvalue weighted by atomic mass is 16.2. The molecular weight excluding hydrogens is 554 g/mol. The maximum atomic E-state index is 13.0. The molecule has 0 aromatic heterocycles. The number of hydrogen-bond donors (Lipinski definition) is 3. The van der Waals surface area contributed by atoms with Crippen LogP contribution in [-0.2, 0) is 0 Å². The summed E-state index contributed by atoms with van der Waals surface area (Å²) in [4.78, 5) is 54.6. The lowest BCUT2D eigenvalue weighted by atomic mass is 9.94. The number of carbonyl (C=O) groups excluding carboxylic acids is 4. The zero-order valence-corrected chi connectivity index (χ0v) is 24.7. The van der Waals surface area contributed by atoms with Gasteiger partial charge in [-0.3, -0.25) is 29.0 Å². The molecule has 0 aliphatic carbocycles. The van der Waals surface area contributed by atoms with Crippen molar-refractivity contribution in [1.82, 2.24) is 25.8 Å². The van der Waals surface area contributed by atoms with Crippen molar-refractivity contribution in [2.24, 2.45) is 0 Å². The number of hydrogen-bond acceptors (Lipinski definition) is 7. The maximum absolute atomic E-state index is 13.0. The standard InChI is InChI=1S/C35H37N5O4/c41-32-26-12-3-8-24-9-4-13-27(30(24)26)33(42)39(32)22-20-37-17-2-1-16-36-18-7-19-38-21-23-40-34(43)28-14-5-10-25-11-6-15-29(31(25)28)35(40)44/h3-6,8-15,36-38H,1-2,7,16-23H2. The SMILES string of the molecule is O=C1c2cccc3cccc(c23)C(=O)N1CCNCCCCNCCCNCCN1C(=O)c2cccc3cccc(c23)C1=O. The average molecular weight is 592 g/mol. The number of amides is 4. The second-order valence-electron chi connectivity index (χ2n) is 11.3. The molecule has 0 saturated carbocycles. The van der Waals surface area contributed by atoms with Gasteiger partial charge in [-0.1, -0.05) is 48.5 Å². The van der Waals surface area contributed by atoms with Gasteiger partial charge in [-0.15, -0.1) is 0 Å². The molecule has 6 rings (SSSR count). The van der Waals surface area contributed by atoms with Crippen molar-refractivity contribution in [2.75, 3.05) is 52.4 Å². The molecule has 2 aliphatic heterocycles. The van der Waals surface area contributed by atoms with E-state index < -0.39 is 0 Å². The minimum absolute atomic E-state index is 0.225. The Balaban J connectivity index is 0.809. The summed E-state index contributed by atoms with van der Waals surface area (Å²) in [5, 5.41) is 13.5. The highest BCUT2D eigenvalue weighted by molar-refractivity contribution is 6.26. The van der Waals surface area contributed by atoms with Crippen molar-refractivity contribution in [3.05, 3.63) is 95.1 Å². The largest absolute Gasteiger partial charge is 0.317 e. The van der Waals surface area contributed by atoms with Gasteiger partial charge in [0.1, 0.15) is 0 Å². The third kappa shape index (κ3) is 5.86. The first-order valence-electron chi connectivity index (χ1n) is 15.4. The molecule has 4 amide bonds. The highest BCUT2D eigenvalue weighted by Crippen LogP contribution is 2.31. The zero-order valence-electron chi connectivity index (χ0n) is 24.7. The number of nitrogens with zero attached hydrogens (tertiary/aromatic N) is 2. The average Bonchev–Trinajstić information content (AvgIpc) is 3.05. The summed E-state index contributed by atoms with van der Waals surface area (Å²) in [5.41, 5.74) is 2.37. The summed E-state index contributed by atoms with van der Waals surface area (Å²) in [6.07, 6.45) is 2.95. The van der Waals surface area contributed by atoms with Gasteiger partial charge in [-0.2, -0.15) is 0 Å². The van der Waals surface area contributed by atoms with Crippen LogP contribution >= 0.6 is 0 Å².